The molecule has 0 saturated carbocycles. The Hall–Kier alpha value is -1.04. The SMILES string of the molecule is CCCCCC=CCc1[c]cccc1. The zero-order valence-electron chi connectivity index (χ0n) is 9.00. The van der Waals surface area contributed by atoms with Gasteiger partial charge < -0.3 is 0 Å². The molecule has 0 N–H and O–H groups in total. The predicted molar refractivity (Wildman–Crippen MR) is 62.3 cm³/mol. The third-order valence-electron chi connectivity index (χ3n) is 2.25. The van der Waals surface area contributed by atoms with E-state index in [2.05, 4.69) is 37.3 Å². The summed E-state index contributed by atoms with van der Waals surface area (Å²) in [5.74, 6) is 0. The predicted octanol–water partition coefficient (Wildman–Crippen LogP) is 4.17. The lowest BCUT2D eigenvalue weighted by Crippen LogP contribution is -1.79. The molecule has 0 heteroatoms. The van der Waals surface area contributed by atoms with Gasteiger partial charge in [-0.2, -0.15) is 0 Å². The Balaban J connectivity index is 2.14. The number of hydrogen-bond donors (Lipinski definition) is 0. The van der Waals surface area contributed by atoms with Gasteiger partial charge in [0.1, 0.15) is 0 Å². The summed E-state index contributed by atoms with van der Waals surface area (Å²) < 4.78 is 0. The van der Waals surface area contributed by atoms with Crippen molar-refractivity contribution in [3.8, 4) is 0 Å². The van der Waals surface area contributed by atoms with Gasteiger partial charge in [-0.15, -0.1) is 0 Å². The average Bonchev–Trinajstić information content (AvgIpc) is 2.25. The van der Waals surface area contributed by atoms with Crippen LogP contribution >= 0.6 is 0 Å². The zero-order valence-corrected chi connectivity index (χ0v) is 9.00. The maximum Gasteiger partial charge on any atom is -0.00913 e. The molecule has 0 aliphatic carbocycles. The van der Waals surface area contributed by atoms with Crippen molar-refractivity contribution in [2.24, 2.45) is 0 Å². The number of allylic oxidation sites excluding steroid dienone is 2. The van der Waals surface area contributed by atoms with Crippen LogP contribution in [0.1, 0.15) is 38.2 Å². The van der Waals surface area contributed by atoms with E-state index in [4.69, 9.17) is 0 Å². The molecular formula is C14H19. The van der Waals surface area contributed by atoms with E-state index in [-0.39, 0.29) is 0 Å². The standard InChI is InChI=1S/C14H19/c1-2-3-4-5-6-8-11-14-12-9-7-10-13-14/h6-10,12H,2-5,11H2,1H3. The molecule has 1 aromatic carbocycles. The molecule has 0 spiro atoms. The first-order chi connectivity index (χ1) is 6.93. The monoisotopic (exact) mass is 187 g/mol. The van der Waals surface area contributed by atoms with Crippen LogP contribution in [-0.4, -0.2) is 0 Å². The lowest BCUT2D eigenvalue weighted by atomic mass is 10.1. The molecule has 0 saturated heterocycles. The van der Waals surface area contributed by atoms with E-state index >= 15 is 0 Å². The average molecular weight is 187 g/mol. The molecular weight excluding hydrogens is 168 g/mol. The Morgan fingerprint density at radius 2 is 2.14 bits per heavy atom. The summed E-state index contributed by atoms with van der Waals surface area (Å²) in [6.07, 6.45) is 10.8. The van der Waals surface area contributed by atoms with Gasteiger partial charge in [0.15, 0.2) is 0 Å². The van der Waals surface area contributed by atoms with Gasteiger partial charge in [-0.25, -0.2) is 0 Å². The van der Waals surface area contributed by atoms with Gasteiger partial charge in [-0.3, -0.25) is 0 Å². The molecule has 0 bridgehead atoms. The van der Waals surface area contributed by atoms with Crippen molar-refractivity contribution in [1.29, 1.82) is 0 Å². The van der Waals surface area contributed by atoms with E-state index < -0.39 is 0 Å². The summed E-state index contributed by atoms with van der Waals surface area (Å²) >= 11 is 0. The summed E-state index contributed by atoms with van der Waals surface area (Å²) in [4.78, 5) is 0. The molecule has 0 amide bonds. The maximum atomic E-state index is 3.22. The largest absolute Gasteiger partial charge is 0.0882 e. The zero-order chi connectivity index (χ0) is 10.1. The van der Waals surface area contributed by atoms with Crippen molar-refractivity contribution >= 4 is 0 Å². The molecule has 0 unspecified atom stereocenters. The minimum Gasteiger partial charge on any atom is -0.0882 e. The number of benzene rings is 1. The van der Waals surface area contributed by atoms with Gasteiger partial charge in [0, 0.05) is 0 Å². The first-order valence-electron chi connectivity index (χ1n) is 5.54. The molecule has 0 aliphatic heterocycles. The molecule has 1 radical (unpaired) electrons. The van der Waals surface area contributed by atoms with Crippen LogP contribution in [0, 0.1) is 6.07 Å². The molecule has 1 rings (SSSR count). The number of hydrogen-bond acceptors (Lipinski definition) is 0. The molecule has 14 heavy (non-hydrogen) atoms. The van der Waals surface area contributed by atoms with Crippen molar-refractivity contribution in [2.45, 2.75) is 39.0 Å². The Morgan fingerprint density at radius 1 is 1.21 bits per heavy atom. The third kappa shape index (κ3) is 4.86. The molecule has 0 aromatic heterocycles. The summed E-state index contributed by atoms with van der Waals surface area (Å²) in [6, 6.07) is 11.4. The van der Waals surface area contributed by atoms with Gasteiger partial charge in [0.2, 0.25) is 0 Å². The van der Waals surface area contributed by atoms with Gasteiger partial charge >= 0.3 is 0 Å². The van der Waals surface area contributed by atoms with E-state index in [0.717, 1.165) is 6.42 Å². The highest BCUT2D eigenvalue weighted by Crippen LogP contribution is 2.02. The van der Waals surface area contributed by atoms with Crippen molar-refractivity contribution in [3.63, 3.8) is 0 Å². The summed E-state index contributed by atoms with van der Waals surface area (Å²) in [6.45, 7) is 2.24. The van der Waals surface area contributed by atoms with Crippen molar-refractivity contribution < 1.29 is 0 Å². The lowest BCUT2D eigenvalue weighted by Gasteiger charge is -1.94. The van der Waals surface area contributed by atoms with Gasteiger partial charge in [0.05, 0.1) is 0 Å². The fourth-order valence-corrected chi connectivity index (χ4v) is 1.40. The highest BCUT2D eigenvalue weighted by atomic mass is 13.9. The summed E-state index contributed by atoms with van der Waals surface area (Å²) in [5, 5.41) is 0. The molecule has 0 fully saturated rings. The minimum atomic E-state index is 1.02. The Kier molecular flexibility index (Phi) is 5.81. The number of unbranched alkanes of at least 4 members (excludes halogenated alkanes) is 3. The molecule has 75 valence electrons. The maximum absolute atomic E-state index is 3.22. The Bertz CT molecular complexity index is 246. The van der Waals surface area contributed by atoms with Crippen LogP contribution < -0.4 is 0 Å². The highest BCUT2D eigenvalue weighted by Gasteiger charge is 1.86. The van der Waals surface area contributed by atoms with Gasteiger partial charge in [-0.1, -0.05) is 56.2 Å². The minimum absolute atomic E-state index is 1.02. The van der Waals surface area contributed by atoms with Crippen LogP contribution in [0.3, 0.4) is 0 Å². The van der Waals surface area contributed by atoms with Crippen molar-refractivity contribution in [1.82, 2.24) is 0 Å². The van der Waals surface area contributed by atoms with Crippen LogP contribution in [-0.2, 0) is 6.42 Å². The third-order valence-corrected chi connectivity index (χ3v) is 2.25. The fourth-order valence-electron chi connectivity index (χ4n) is 1.40. The second-order valence-electron chi connectivity index (χ2n) is 3.56. The van der Waals surface area contributed by atoms with E-state index in [1.54, 1.807) is 0 Å². The lowest BCUT2D eigenvalue weighted by molar-refractivity contribution is 0.728. The quantitative estimate of drug-likeness (QED) is 0.463. The molecule has 0 nitrogen and oxygen atoms in total. The van der Waals surface area contributed by atoms with Gasteiger partial charge in [0.25, 0.3) is 0 Å². The van der Waals surface area contributed by atoms with Crippen molar-refractivity contribution in [2.75, 3.05) is 0 Å². The Labute approximate surface area is 87.7 Å². The van der Waals surface area contributed by atoms with Crippen LogP contribution in [0.25, 0.3) is 0 Å². The molecule has 0 aliphatic rings. The number of rotatable bonds is 6. The van der Waals surface area contributed by atoms with Crippen molar-refractivity contribution in [3.05, 3.63) is 48.0 Å². The van der Waals surface area contributed by atoms with Crippen LogP contribution in [0.15, 0.2) is 36.4 Å². The van der Waals surface area contributed by atoms with E-state index in [1.807, 2.05) is 12.1 Å². The fraction of sp³-hybridized carbons (Fsp3) is 0.429. The first kappa shape index (κ1) is 11.0. The Morgan fingerprint density at radius 3 is 2.86 bits per heavy atom. The van der Waals surface area contributed by atoms with E-state index in [1.165, 1.54) is 31.2 Å². The van der Waals surface area contributed by atoms with Gasteiger partial charge in [-0.05, 0) is 30.9 Å². The summed E-state index contributed by atoms with van der Waals surface area (Å²) in [5.41, 5.74) is 1.28. The first-order valence-corrected chi connectivity index (χ1v) is 5.54. The molecule has 0 heterocycles. The second kappa shape index (κ2) is 7.37. The highest BCUT2D eigenvalue weighted by molar-refractivity contribution is 5.15. The normalized spacial score (nSPS) is 10.9. The summed E-state index contributed by atoms with van der Waals surface area (Å²) in [7, 11) is 0. The van der Waals surface area contributed by atoms with Crippen LogP contribution in [0.5, 0.6) is 0 Å². The van der Waals surface area contributed by atoms with Crippen LogP contribution in [0.2, 0.25) is 0 Å². The smallest absolute Gasteiger partial charge is 0.00913 e. The molecule has 0 atom stereocenters. The second-order valence-corrected chi connectivity index (χ2v) is 3.56. The topological polar surface area (TPSA) is 0 Å². The van der Waals surface area contributed by atoms with E-state index in [9.17, 15) is 0 Å². The molecule has 1 aromatic rings. The van der Waals surface area contributed by atoms with Crippen LogP contribution in [0.4, 0.5) is 0 Å². The van der Waals surface area contributed by atoms with E-state index in [0.29, 0.717) is 0 Å².